The van der Waals surface area contributed by atoms with Gasteiger partial charge in [-0.2, -0.15) is 0 Å². The Bertz CT molecular complexity index is 572. The molecule has 9 heteroatoms. The van der Waals surface area contributed by atoms with E-state index in [0.717, 1.165) is 26.6 Å². The molecule has 35 heavy (non-hydrogen) atoms. The number of unbranched alkanes of at least 4 members (excludes halogenated alkanes) is 6. The van der Waals surface area contributed by atoms with Gasteiger partial charge in [-0.3, -0.25) is 0 Å². The summed E-state index contributed by atoms with van der Waals surface area (Å²) in [6, 6.07) is 0. The van der Waals surface area contributed by atoms with E-state index in [2.05, 4.69) is 51.9 Å². The third-order valence-electron chi connectivity index (χ3n) is 6.76. The van der Waals surface area contributed by atoms with Gasteiger partial charge in [0, 0.05) is 0 Å². The fourth-order valence-corrected chi connectivity index (χ4v) is 83.4. The van der Waals surface area contributed by atoms with Crippen LogP contribution in [0.4, 0.5) is 0 Å². The Morgan fingerprint density at radius 2 is 0.743 bits per heavy atom. The van der Waals surface area contributed by atoms with Gasteiger partial charge in [-0.05, 0) is 0 Å². The zero-order valence-electron chi connectivity index (χ0n) is 23.8. The van der Waals surface area contributed by atoms with Crippen LogP contribution in [-0.4, -0.2) is 67.7 Å². The zero-order chi connectivity index (χ0) is 26.5. The Morgan fingerprint density at radius 3 is 0.971 bits per heavy atom. The number of isothiocyanates is 2. The second kappa shape index (κ2) is 22.7. The summed E-state index contributed by atoms with van der Waals surface area (Å²) in [6.07, 6.45) is 14.0. The van der Waals surface area contributed by atoms with Crippen LogP contribution in [0.3, 0.4) is 0 Å². The molecule has 0 aliphatic rings. The Morgan fingerprint density at radius 1 is 0.486 bits per heavy atom. The van der Waals surface area contributed by atoms with Gasteiger partial charge in [-0.1, -0.05) is 0 Å². The molecule has 0 heterocycles. The molecule has 0 N–H and O–H groups in total. The molecule has 0 spiro atoms. The molecule has 4 nitrogen and oxygen atoms in total. The van der Waals surface area contributed by atoms with E-state index < -0.39 is 57.3 Å². The third kappa shape index (κ3) is 15.3. The Kier molecular flexibility index (Phi) is 23.9. The summed E-state index contributed by atoms with van der Waals surface area (Å²) in [7, 11) is 0. The molecule has 0 aromatic carbocycles. The van der Waals surface area contributed by atoms with Crippen molar-refractivity contribution in [1.82, 2.24) is 0 Å². The van der Waals surface area contributed by atoms with Crippen LogP contribution in [-0.2, 0) is 2.82 Å². The average Bonchev–Trinajstić information content (AvgIpc) is 2.86. The molecule has 0 aliphatic heterocycles. The molecule has 0 rings (SSSR count). The number of nitrogens with zero attached hydrogens (tertiary/aromatic N) is 2. The topological polar surface area (TPSA) is 43.2 Å². The first kappa shape index (κ1) is 36.9. The van der Waals surface area contributed by atoms with Crippen molar-refractivity contribution in [2.24, 2.45) is 6.43 Å². The predicted molar refractivity (Wildman–Crippen MR) is 168 cm³/mol. The van der Waals surface area contributed by atoms with E-state index in [1.165, 1.54) is 77.0 Å². The molecule has 0 aromatic heterocycles. The quantitative estimate of drug-likeness (QED) is 0.0552. The molecular weight excluding hydrogens is 793 g/mol. The maximum atomic E-state index is 7.67. The van der Waals surface area contributed by atoms with Crippen molar-refractivity contribution in [3.8, 4) is 0 Å². The van der Waals surface area contributed by atoms with Gasteiger partial charge in [-0.15, -0.1) is 0 Å². The molecular formula is C26H54N2O2S2Sn3. The van der Waals surface area contributed by atoms with Gasteiger partial charge in [0.15, 0.2) is 0 Å². The van der Waals surface area contributed by atoms with E-state index in [9.17, 15) is 0 Å². The third-order valence-corrected chi connectivity index (χ3v) is 63.2. The van der Waals surface area contributed by atoms with Crippen LogP contribution < -0.4 is 0 Å². The SMILES string of the molecule is CCC[CH2][Sn]([CH2]CCC)([N]=C=S)[O][Sn]([CH2]CCC)([CH2]CCC)[O][Sn]([CH2]CCC)([CH2]CCC)[N]=C=S. The minimum atomic E-state index is -3.56. The van der Waals surface area contributed by atoms with E-state index in [1.807, 2.05) is 0 Å². The second-order valence-electron chi connectivity index (χ2n) is 10.0. The fourth-order valence-electron chi connectivity index (χ4n) is 4.64. The van der Waals surface area contributed by atoms with Crippen LogP contribution in [0.25, 0.3) is 0 Å². The van der Waals surface area contributed by atoms with Crippen LogP contribution >= 0.6 is 24.4 Å². The molecule has 0 unspecified atom stereocenters. The van der Waals surface area contributed by atoms with Crippen molar-refractivity contribution in [2.75, 3.05) is 0 Å². The van der Waals surface area contributed by atoms with Gasteiger partial charge in [0.25, 0.3) is 0 Å². The molecule has 0 aliphatic carbocycles. The van der Waals surface area contributed by atoms with Crippen LogP contribution in [0, 0.1) is 0 Å². The summed E-state index contributed by atoms with van der Waals surface area (Å²) >= 11 is 0.161. The van der Waals surface area contributed by atoms with Gasteiger partial charge >= 0.3 is 247 Å². The standard InChI is InChI=1S/6C4H9.2CNS.2O.3Sn/c6*1-3-4-2;2*2-1-3;;;;;/h6*1,3-4H2,2H3;;;;;;;/q;;;;;;2*-1;;;;2*+1. The summed E-state index contributed by atoms with van der Waals surface area (Å²) in [6.45, 7) is 13.6. The van der Waals surface area contributed by atoms with E-state index in [4.69, 9.17) is 33.7 Å². The zero-order valence-corrected chi connectivity index (χ0v) is 34.0. The molecule has 0 amide bonds. The molecule has 0 saturated carbocycles. The summed E-state index contributed by atoms with van der Waals surface area (Å²) in [5, 5.41) is 5.67. The number of thiocarbonyl (C=S) groups is 2. The molecule has 204 valence electrons. The van der Waals surface area contributed by atoms with Crippen molar-refractivity contribution < 1.29 is 2.82 Å². The first-order valence-corrected chi connectivity index (χ1v) is 34.6. The van der Waals surface area contributed by atoms with Gasteiger partial charge in [0.05, 0.1) is 0 Å². The summed E-state index contributed by atoms with van der Waals surface area (Å²) in [5.41, 5.74) is 0. The van der Waals surface area contributed by atoms with E-state index in [0.29, 0.717) is 0 Å². The van der Waals surface area contributed by atoms with Crippen molar-refractivity contribution in [3.63, 3.8) is 0 Å². The molecule has 0 bridgehead atoms. The first-order chi connectivity index (χ1) is 16.9. The normalized spacial score (nSPS) is 12.3. The Hall–Kier alpha value is 1.92. The Labute approximate surface area is 243 Å². The maximum absolute atomic E-state index is 7.67. The van der Waals surface area contributed by atoms with Crippen LogP contribution in [0.2, 0.25) is 26.6 Å². The first-order valence-electron chi connectivity index (χ1n) is 14.5. The summed E-state index contributed by atoms with van der Waals surface area (Å²) in [4.78, 5) is 0. The average molecular weight is 847 g/mol. The summed E-state index contributed by atoms with van der Waals surface area (Å²) in [5.74, 6) is 0. The fraction of sp³-hybridized carbons (Fsp3) is 0.923. The molecule has 0 saturated heterocycles. The van der Waals surface area contributed by atoms with Gasteiger partial charge in [-0.25, -0.2) is 0 Å². The van der Waals surface area contributed by atoms with E-state index in [-0.39, 0.29) is 0 Å². The van der Waals surface area contributed by atoms with Crippen molar-refractivity contribution in [1.29, 1.82) is 0 Å². The van der Waals surface area contributed by atoms with Crippen LogP contribution in [0.15, 0.2) is 6.43 Å². The van der Waals surface area contributed by atoms with Crippen molar-refractivity contribution in [3.05, 3.63) is 0 Å². The van der Waals surface area contributed by atoms with Gasteiger partial charge in [0.2, 0.25) is 0 Å². The number of hydrogen-bond donors (Lipinski definition) is 0. The number of rotatable bonds is 24. The molecule has 0 fully saturated rings. The van der Waals surface area contributed by atoms with Crippen molar-refractivity contribution >= 4 is 92.1 Å². The van der Waals surface area contributed by atoms with E-state index in [1.54, 1.807) is 0 Å². The number of hydrogen-bond acceptors (Lipinski definition) is 6. The Balaban J connectivity index is 6.72. The van der Waals surface area contributed by atoms with E-state index >= 15 is 0 Å². The molecule has 0 atom stereocenters. The molecule has 0 aromatic rings. The minimum absolute atomic E-state index is 1.11. The second-order valence-corrected chi connectivity index (χ2v) is 45.2. The van der Waals surface area contributed by atoms with Crippen molar-refractivity contribution in [2.45, 2.75) is 145 Å². The van der Waals surface area contributed by atoms with Gasteiger partial charge in [0.1, 0.15) is 0 Å². The van der Waals surface area contributed by atoms with Crippen LogP contribution in [0.1, 0.15) is 119 Å². The predicted octanol–water partition coefficient (Wildman–Crippen LogP) is 10.4. The van der Waals surface area contributed by atoms with Gasteiger partial charge < -0.3 is 0 Å². The molecule has 0 radical (unpaired) electrons. The monoisotopic (exact) mass is 850 g/mol. The van der Waals surface area contributed by atoms with Crippen LogP contribution in [0.5, 0.6) is 0 Å². The summed E-state index contributed by atoms with van der Waals surface area (Å²) < 4.78 is 32.0.